The summed E-state index contributed by atoms with van der Waals surface area (Å²) < 4.78 is 8.26. The summed E-state index contributed by atoms with van der Waals surface area (Å²) in [6.45, 7) is 4.87. The minimum atomic E-state index is -0.368. The average molecular weight is 368 g/mol. The third-order valence-electron chi connectivity index (χ3n) is 4.24. The topological polar surface area (TPSA) is 103 Å². The molecule has 140 valence electrons. The Kier molecular flexibility index (Phi) is 5.46. The molecule has 3 N–H and O–H groups in total. The van der Waals surface area contributed by atoms with Gasteiger partial charge in [0.15, 0.2) is 0 Å². The Labute approximate surface area is 155 Å². The molecule has 3 rings (SSSR count). The third kappa shape index (κ3) is 3.52. The second kappa shape index (κ2) is 7.96. The molecule has 0 aliphatic heterocycles. The lowest BCUT2D eigenvalue weighted by atomic mass is 10.1. The van der Waals surface area contributed by atoms with E-state index < -0.39 is 0 Å². The SMILES string of the molecule is C=CCNC(=O)c1cc2c(=O)n3ccccc3nc2[n+](CCCOC)c1N. The Morgan fingerprint density at radius 2 is 2.30 bits per heavy atom. The number of rotatable bonds is 7. The molecule has 3 aromatic heterocycles. The Morgan fingerprint density at radius 1 is 1.48 bits per heavy atom. The number of pyridine rings is 2. The molecule has 8 heteroatoms. The van der Waals surface area contributed by atoms with Gasteiger partial charge >= 0.3 is 0 Å². The lowest BCUT2D eigenvalue weighted by Crippen LogP contribution is -2.43. The van der Waals surface area contributed by atoms with Gasteiger partial charge in [-0.1, -0.05) is 17.1 Å². The van der Waals surface area contributed by atoms with E-state index in [0.29, 0.717) is 42.8 Å². The van der Waals surface area contributed by atoms with Crippen LogP contribution < -0.4 is 21.2 Å². The number of nitrogen functional groups attached to an aromatic ring is 1. The number of hydrogen-bond donors (Lipinski definition) is 2. The summed E-state index contributed by atoms with van der Waals surface area (Å²) in [4.78, 5) is 30.1. The highest BCUT2D eigenvalue weighted by Gasteiger charge is 2.23. The van der Waals surface area contributed by atoms with Gasteiger partial charge in [0.2, 0.25) is 11.5 Å². The molecule has 0 saturated heterocycles. The van der Waals surface area contributed by atoms with Crippen LogP contribution in [-0.2, 0) is 11.3 Å². The van der Waals surface area contributed by atoms with Crippen LogP contribution in [0.3, 0.4) is 0 Å². The highest BCUT2D eigenvalue weighted by molar-refractivity contribution is 6.00. The number of nitrogens with two attached hydrogens (primary N) is 1. The number of carbonyl (C=O) groups excluding carboxylic acids is 1. The minimum absolute atomic E-state index is 0.233. The fraction of sp³-hybridized carbons (Fsp3) is 0.263. The molecule has 3 heterocycles. The van der Waals surface area contributed by atoms with Crippen LogP contribution in [0.15, 0.2) is 47.9 Å². The molecule has 0 saturated carbocycles. The molecule has 0 aliphatic rings. The van der Waals surface area contributed by atoms with Gasteiger partial charge in [-0.3, -0.25) is 14.0 Å². The normalized spacial score (nSPS) is 11.0. The van der Waals surface area contributed by atoms with E-state index in [0.717, 1.165) is 0 Å². The van der Waals surface area contributed by atoms with E-state index in [4.69, 9.17) is 10.5 Å². The molecule has 0 spiro atoms. The number of methoxy groups -OCH3 is 1. The summed E-state index contributed by atoms with van der Waals surface area (Å²) in [5.41, 5.74) is 7.22. The van der Waals surface area contributed by atoms with Crippen molar-refractivity contribution in [3.8, 4) is 0 Å². The van der Waals surface area contributed by atoms with Gasteiger partial charge in [0, 0.05) is 32.9 Å². The zero-order valence-electron chi connectivity index (χ0n) is 15.1. The fourth-order valence-corrected chi connectivity index (χ4v) is 2.94. The van der Waals surface area contributed by atoms with Gasteiger partial charge in [0.25, 0.3) is 17.1 Å². The average Bonchev–Trinajstić information content (AvgIpc) is 2.68. The van der Waals surface area contributed by atoms with E-state index in [-0.39, 0.29) is 22.8 Å². The second-order valence-electron chi connectivity index (χ2n) is 6.02. The third-order valence-corrected chi connectivity index (χ3v) is 4.24. The van der Waals surface area contributed by atoms with Crippen molar-refractivity contribution in [3.63, 3.8) is 0 Å². The minimum Gasteiger partial charge on any atom is -0.385 e. The number of amides is 1. The van der Waals surface area contributed by atoms with E-state index in [1.807, 2.05) is 6.07 Å². The van der Waals surface area contributed by atoms with Gasteiger partial charge < -0.3 is 15.8 Å². The van der Waals surface area contributed by atoms with Gasteiger partial charge in [0.1, 0.15) is 10.9 Å². The van der Waals surface area contributed by atoms with Crippen molar-refractivity contribution in [2.75, 3.05) is 26.0 Å². The van der Waals surface area contributed by atoms with Crippen LogP contribution in [0.5, 0.6) is 0 Å². The number of aromatic nitrogens is 3. The monoisotopic (exact) mass is 368 g/mol. The molecule has 27 heavy (non-hydrogen) atoms. The lowest BCUT2D eigenvalue weighted by Gasteiger charge is -2.12. The summed E-state index contributed by atoms with van der Waals surface area (Å²) in [5, 5.41) is 3.03. The van der Waals surface area contributed by atoms with Crippen molar-refractivity contribution >= 4 is 28.4 Å². The van der Waals surface area contributed by atoms with E-state index in [1.54, 1.807) is 36.1 Å². The van der Waals surface area contributed by atoms with Crippen LogP contribution in [0.1, 0.15) is 16.8 Å². The predicted molar refractivity (Wildman–Crippen MR) is 103 cm³/mol. The number of anilines is 1. The maximum Gasteiger partial charge on any atom is 0.278 e. The quantitative estimate of drug-likeness (QED) is 0.276. The van der Waals surface area contributed by atoms with Crippen molar-refractivity contribution in [1.82, 2.24) is 14.7 Å². The van der Waals surface area contributed by atoms with Crippen molar-refractivity contribution in [3.05, 3.63) is 59.0 Å². The standard InChI is InChI=1S/C19H21N5O3/c1-3-8-21-18(25)13-12-14-17(24(16(13)20)10-6-11-27-2)22-15-7-4-5-9-23(15)19(14)26/h3-5,7,9,12,20H,1,6,8,10-11H2,2H3,(H,21,25)/p+1. The van der Waals surface area contributed by atoms with Gasteiger partial charge in [-0.2, -0.15) is 0 Å². The first-order valence-electron chi connectivity index (χ1n) is 8.60. The number of fused-ring (bicyclic) bond motifs is 2. The van der Waals surface area contributed by atoms with Gasteiger partial charge in [-0.15, -0.1) is 6.58 Å². The van der Waals surface area contributed by atoms with Gasteiger partial charge in [-0.25, -0.2) is 4.57 Å². The van der Waals surface area contributed by atoms with E-state index in [1.165, 1.54) is 10.5 Å². The number of nitrogens with zero attached hydrogens (tertiary/aromatic N) is 3. The molecule has 0 bridgehead atoms. The number of nitrogens with one attached hydrogen (secondary N) is 1. The maximum absolute atomic E-state index is 13.0. The molecule has 0 unspecified atom stereocenters. The summed E-state index contributed by atoms with van der Waals surface area (Å²) in [5.74, 6) is -0.111. The molecular formula is C19H22N5O3+. The van der Waals surface area contributed by atoms with Crippen molar-refractivity contribution in [2.45, 2.75) is 13.0 Å². The van der Waals surface area contributed by atoms with Gasteiger partial charge in [-0.05, 0) is 18.2 Å². The molecular weight excluding hydrogens is 346 g/mol. The summed E-state index contributed by atoms with van der Waals surface area (Å²) >= 11 is 0. The number of ether oxygens (including phenoxy) is 1. The van der Waals surface area contributed by atoms with Crippen molar-refractivity contribution in [1.29, 1.82) is 0 Å². The van der Waals surface area contributed by atoms with Crippen LogP contribution in [0, 0.1) is 0 Å². The summed E-state index contributed by atoms with van der Waals surface area (Å²) in [6.07, 6.45) is 3.88. The number of carbonyl (C=O) groups is 1. The predicted octanol–water partition coefficient (Wildman–Crippen LogP) is 0.670. The van der Waals surface area contributed by atoms with Crippen LogP contribution in [0.4, 0.5) is 5.82 Å². The maximum atomic E-state index is 13.0. The molecule has 0 radical (unpaired) electrons. The fourth-order valence-electron chi connectivity index (χ4n) is 2.94. The van der Waals surface area contributed by atoms with E-state index in [9.17, 15) is 9.59 Å². The Morgan fingerprint density at radius 3 is 3.04 bits per heavy atom. The summed E-state index contributed by atoms with van der Waals surface area (Å²) in [6, 6.07) is 6.82. The molecule has 0 aromatic carbocycles. The number of hydrogen-bond acceptors (Lipinski definition) is 5. The van der Waals surface area contributed by atoms with E-state index >= 15 is 0 Å². The first-order chi connectivity index (χ1) is 13.1. The molecule has 0 atom stereocenters. The largest absolute Gasteiger partial charge is 0.385 e. The lowest BCUT2D eigenvalue weighted by molar-refractivity contribution is -0.659. The van der Waals surface area contributed by atoms with Crippen LogP contribution >= 0.6 is 0 Å². The highest BCUT2D eigenvalue weighted by atomic mass is 16.5. The second-order valence-corrected chi connectivity index (χ2v) is 6.02. The summed E-state index contributed by atoms with van der Waals surface area (Å²) in [7, 11) is 1.61. The first kappa shape index (κ1) is 18.5. The zero-order valence-corrected chi connectivity index (χ0v) is 15.1. The molecule has 3 aromatic rings. The van der Waals surface area contributed by atoms with Gasteiger partial charge in [0.05, 0.1) is 6.54 Å². The Bertz CT molecular complexity index is 1070. The molecule has 1 amide bonds. The first-order valence-corrected chi connectivity index (χ1v) is 8.60. The Hall–Kier alpha value is -3.26. The van der Waals surface area contributed by atoms with Crippen molar-refractivity contribution in [2.24, 2.45) is 0 Å². The zero-order chi connectivity index (χ0) is 19.4. The van der Waals surface area contributed by atoms with Crippen LogP contribution in [0.25, 0.3) is 16.7 Å². The molecule has 0 fully saturated rings. The van der Waals surface area contributed by atoms with Crippen LogP contribution in [-0.4, -0.2) is 35.6 Å². The Balaban J connectivity index is 2.28. The number of aryl methyl sites for hydroxylation is 1. The molecule has 0 aliphatic carbocycles. The van der Waals surface area contributed by atoms with E-state index in [2.05, 4.69) is 16.9 Å². The molecule has 8 nitrogen and oxygen atoms in total. The van der Waals surface area contributed by atoms with Crippen LogP contribution in [0.2, 0.25) is 0 Å². The smallest absolute Gasteiger partial charge is 0.278 e. The van der Waals surface area contributed by atoms with Crippen molar-refractivity contribution < 1.29 is 14.1 Å². The highest BCUT2D eigenvalue weighted by Crippen LogP contribution is 2.14.